The molecule has 4 atom stereocenters. The minimum absolute atomic E-state index is 0.00396. The number of benzene rings is 1. The van der Waals surface area contributed by atoms with Gasteiger partial charge in [0.25, 0.3) is 0 Å². The lowest BCUT2D eigenvalue weighted by Crippen LogP contribution is -2.56. The quantitative estimate of drug-likeness (QED) is 0.469. The summed E-state index contributed by atoms with van der Waals surface area (Å²) in [6.07, 6.45) is -2.83. The number of halogens is 5. The zero-order valence-electron chi connectivity index (χ0n) is 21.2. The molecule has 0 radical (unpaired) electrons. The predicted molar refractivity (Wildman–Crippen MR) is 133 cm³/mol. The summed E-state index contributed by atoms with van der Waals surface area (Å²) < 4.78 is 70.8. The van der Waals surface area contributed by atoms with Crippen LogP contribution in [0.2, 0.25) is 0 Å². The van der Waals surface area contributed by atoms with Crippen LogP contribution >= 0.6 is 0 Å². The van der Waals surface area contributed by atoms with Crippen LogP contribution in [0.25, 0.3) is 11.2 Å². The average molecular weight is 567 g/mol. The fraction of sp³-hybridized carbons (Fsp3) is 0.462. The summed E-state index contributed by atoms with van der Waals surface area (Å²) in [5.41, 5.74) is 5.92. The lowest BCUT2D eigenvalue weighted by molar-refractivity contribution is -0.164. The van der Waals surface area contributed by atoms with E-state index in [-0.39, 0.29) is 31.4 Å². The molecule has 2 saturated heterocycles. The van der Waals surface area contributed by atoms with E-state index in [2.05, 4.69) is 9.97 Å². The maximum absolute atomic E-state index is 14.7. The van der Waals surface area contributed by atoms with E-state index < -0.39 is 72.4 Å². The van der Waals surface area contributed by atoms with Gasteiger partial charge in [0.05, 0.1) is 11.4 Å². The number of rotatable bonds is 4. The maximum Gasteiger partial charge on any atom is 0.406 e. The maximum atomic E-state index is 14.7. The molecule has 2 aliphatic rings. The van der Waals surface area contributed by atoms with Crippen molar-refractivity contribution in [2.24, 2.45) is 11.7 Å². The number of primary amides is 1. The monoisotopic (exact) mass is 566 g/mol. The smallest absolute Gasteiger partial charge is 0.351 e. The first-order chi connectivity index (χ1) is 18.9. The van der Waals surface area contributed by atoms with Gasteiger partial charge in [-0.05, 0) is 49.4 Å². The molecule has 2 aromatic heterocycles. The van der Waals surface area contributed by atoms with Crippen molar-refractivity contribution in [2.45, 2.75) is 49.9 Å². The van der Waals surface area contributed by atoms with Gasteiger partial charge < -0.3 is 20.5 Å². The molecule has 9 nitrogen and oxygen atoms in total. The second-order valence-electron chi connectivity index (χ2n) is 10.3. The van der Waals surface area contributed by atoms with E-state index in [1.54, 1.807) is 12.1 Å². The number of aromatic nitrogens is 3. The van der Waals surface area contributed by atoms with Crippen LogP contribution in [-0.4, -0.2) is 68.1 Å². The van der Waals surface area contributed by atoms with Gasteiger partial charge in [0.15, 0.2) is 17.3 Å². The molecule has 14 heteroatoms. The van der Waals surface area contributed by atoms with E-state index in [4.69, 9.17) is 5.73 Å². The second kappa shape index (κ2) is 10.5. The van der Waals surface area contributed by atoms with Gasteiger partial charge in [-0.15, -0.1) is 0 Å². The van der Waals surface area contributed by atoms with Crippen molar-refractivity contribution in [3.8, 4) is 0 Å². The molecule has 2 fully saturated rings. The SMILES string of the molecule is NC(=O)N1CC[C@@H](n2c(=O)[nH]c3cccnc32)C[C@H]1[C@H]1CC[C@@H](c2cccc(F)c2F)CN(CC(F)(F)F)C1=O. The molecule has 0 spiro atoms. The number of nitrogens with two attached hydrogens (primary N) is 1. The van der Waals surface area contributed by atoms with Gasteiger partial charge >= 0.3 is 17.9 Å². The molecule has 3 aromatic rings. The Morgan fingerprint density at radius 1 is 1.10 bits per heavy atom. The summed E-state index contributed by atoms with van der Waals surface area (Å²) in [5, 5.41) is 0. The third-order valence-electron chi connectivity index (χ3n) is 7.89. The van der Waals surface area contributed by atoms with Crippen molar-refractivity contribution in [2.75, 3.05) is 19.6 Å². The predicted octanol–water partition coefficient (Wildman–Crippen LogP) is 3.67. The fourth-order valence-corrected chi connectivity index (χ4v) is 6.16. The first-order valence-electron chi connectivity index (χ1n) is 12.9. The number of fused-ring (bicyclic) bond motifs is 1. The molecule has 40 heavy (non-hydrogen) atoms. The number of carbonyl (C=O) groups is 2. The number of nitrogens with one attached hydrogen (secondary N) is 1. The van der Waals surface area contributed by atoms with Crippen molar-refractivity contribution < 1.29 is 31.5 Å². The molecule has 3 amide bonds. The molecule has 4 heterocycles. The van der Waals surface area contributed by atoms with Gasteiger partial charge in [-0.2, -0.15) is 13.2 Å². The zero-order chi connectivity index (χ0) is 28.8. The van der Waals surface area contributed by atoms with E-state index >= 15 is 0 Å². The number of imidazole rings is 1. The van der Waals surface area contributed by atoms with Gasteiger partial charge in [0, 0.05) is 37.3 Å². The second-order valence-corrected chi connectivity index (χ2v) is 10.3. The topological polar surface area (TPSA) is 117 Å². The standard InChI is InChI=1S/C26H27F5N6O3/c27-18-4-1-3-16(21(18)28)14-6-7-17(23(38)35(12-14)13-26(29,30)31)20-11-15(8-10-36(20)24(32)39)37-22-19(34-25(37)40)5-2-9-33-22/h1-5,9,14-15,17,20H,6-8,10-13H2,(H2,32,39)(H,34,40)/t14-,15-,17-,20+/m1/s1. The van der Waals surface area contributed by atoms with Crippen molar-refractivity contribution in [3.63, 3.8) is 0 Å². The third-order valence-corrected chi connectivity index (χ3v) is 7.89. The molecule has 0 saturated carbocycles. The minimum atomic E-state index is -4.75. The van der Waals surface area contributed by atoms with Gasteiger partial charge in [0.2, 0.25) is 5.91 Å². The average Bonchev–Trinajstić information content (AvgIpc) is 3.15. The van der Waals surface area contributed by atoms with E-state index in [0.717, 1.165) is 6.07 Å². The molecular weight excluding hydrogens is 539 g/mol. The molecule has 214 valence electrons. The molecule has 3 N–H and O–H groups in total. The fourth-order valence-electron chi connectivity index (χ4n) is 6.16. The number of carbonyl (C=O) groups excluding carboxylic acids is 2. The summed E-state index contributed by atoms with van der Waals surface area (Å²) in [6.45, 7) is -2.01. The van der Waals surface area contributed by atoms with Crippen LogP contribution in [-0.2, 0) is 4.79 Å². The van der Waals surface area contributed by atoms with E-state index in [9.17, 15) is 36.3 Å². The Balaban J connectivity index is 1.51. The van der Waals surface area contributed by atoms with E-state index in [1.807, 2.05) is 0 Å². The van der Waals surface area contributed by atoms with Crippen LogP contribution in [0.15, 0.2) is 41.3 Å². The number of pyridine rings is 1. The summed E-state index contributed by atoms with van der Waals surface area (Å²) in [5.74, 6) is -5.20. The number of amides is 3. The van der Waals surface area contributed by atoms with Gasteiger partial charge in [-0.1, -0.05) is 12.1 Å². The summed E-state index contributed by atoms with van der Waals surface area (Å²) in [4.78, 5) is 47.8. The highest BCUT2D eigenvalue weighted by Gasteiger charge is 2.46. The van der Waals surface area contributed by atoms with E-state index in [0.29, 0.717) is 22.5 Å². The highest BCUT2D eigenvalue weighted by molar-refractivity contribution is 5.81. The Labute approximate surface area is 224 Å². The van der Waals surface area contributed by atoms with Crippen molar-refractivity contribution >= 4 is 23.1 Å². The summed E-state index contributed by atoms with van der Waals surface area (Å²) in [7, 11) is 0. The van der Waals surface area contributed by atoms with Gasteiger partial charge in [-0.3, -0.25) is 9.36 Å². The Kier molecular flexibility index (Phi) is 7.27. The molecule has 1 aromatic carbocycles. The highest BCUT2D eigenvalue weighted by Crippen LogP contribution is 2.39. The summed E-state index contributed by atoms with van der Waals surface area (Å²) in [6, 6.07) is 4.48. The number of nitrogens with zero attached hydrogens (tertiary/aromatic N) is 4. The number of urea groups is 1. The van der Waals surface area contributed by atoms with Gasteiger partial charge in [0.1, 0.15) is 6.54 Å². The Bertz CT molecular complexity index is 1490. The summed E-state index contributed by atoms with van der Waals surface area (Å²) >= 11 is 0. The lowest BCUT2D eigenvalue weighted by atomic mass is 9.83. The molecule has 5 rings (SSSR count). The Morgan fingerprint density at radius 3 is 2.60 bits per heavy atom. The lowest BCUT2D eigenvalue weighted by Gasteiger charge is -2.42. The number of hydrogen-bond donors (Lipinski definition) is 2. The molecule has 0 unspecified atom stereocenters. The highest BCUT2D eigenvalue weighted by atomic mass is 19.4. The number of H-pyrrole nitrogens is 1. The zero-order valence-corrected chi connectivity index (χ0v) is 21.2. The van der Waals surface area contributed by atoms with Crippen molar-refractivity contribution in [1.82, 2.24) is 24.3 Å². The van der Waals surface area contributed by atoms with E-state index in [1.165, 1.54) is 27.8 Å². The molecule has 0 aliphatic carbocycles. The van der Waals surface area contributed by atoms with Crippen molar-refractivity contribution in [1.29, 1.82) is 0 Å². The minimum Gasteiger partial charge on any atom is -0.351 e. The van der Waals surface area contributed by atoms with Crippen molar-refractivity contribution in [3.05, 3.63) is 64.2 Å². The van der Waals surface area contributed by atoms with Crippen LogP contribution in [0.1, 0.15) is 43.2 Å². The number of aromatic amines is 1. The first kappa shape index (κ1) is 27.6. The number of piperidine rings is 1. The number of alkyl halides is 3. The number of hydrogen-bond acceptors (Lipinski definition) is 4. The van der Waals surface area contributed by atoms with Crippen LogP contribution in [0, 0.1) is 17.6 Å². The van der Waals surface area contributed by atoms with Crippen LogP contribution < -0.4 is 11.4 Å². The third kappa shape index (κ3) is 5.26. The van der Waals surface area contributed by atoms with Crippen LogP contribution in [0.3, 0.4) is 0 Å². The van der Waals surface area contributed by atoms with Gasteiger partial charge in [-0.25, -0.2) is 23.4 Å². The Hall–Kier alpha value is -3.97. The molecule has 0 bridgehead atoms. The largest absolute Gasteiger partial charge is 0.406 e. The molecule has 2 aliphatic heterocycles. The van der Waals surface area contributed by atoms with Crippen LogP contribution in [0.4, 0.5) is 26.7 Å². The first-order valence-corrected chi connectivity index (χ1v) is 12.9. The van der Waals surface area contributed by atoms with Crippen LogP contribution in [0.5, 0.6) is 0 Å². The normalized spacial score (nSPS) is 24.4. The number of likely N-dealkylation sites (tertiary alicyclic amines) is 2. The Morgan fingerprint density at radius 2 is 1.88 bits per heavy atom. The molecular formula is C26H27F5N6O3.